The number of nitrogens with two attached hydrogens (primary N) is 1. The van der Waals surface area contributed by atoms with Gasteiger partial charge in [-0.3, -0.25) is 14.6 Å². The molecule has 4 rings (SSSR count). The first-order valence-electron chi connectivity index (χ1n) is 10.8. The molecular formula is C20H30N4O10S2. The molecule has 2 amide bonds. The van der Waals surface area contributed by atoms with Gasteiger partial charge in [0.1, 0.15) is 17.1 Å². The number of amides is 2. The summed E-state index contributed by atoms with van der Waals surface area (Å²) >= 11 is 1.38. The number of aliphatic carboxylic acids is 2. The van der Waals surface area contributed by atoms with E-state index in [4.69, 9.17) is 10.8 Å². The Hall–Kier alpha value is -2.69. The minimum atomic E-state index is -3.57. The first-order chi connectivity index (χ1) is 16.2. The number of rotatable bonds is 7. The van der Waals surface area contributed by atoms with Crippen LogP contribution in [0.4, 0.5) is 0 Å². The Labute approximate surface area is 211 Å². The lowest BCUT2D eigenvalue weighted by Crippen LogP contribution is -2.61. The first-order valence-corrected chi connectivity index (χ1v) is 13.3. The van der Waals surface area contributed by atoms with Gasteiger partial charge in [-0.15, -0.1) is 11.8 Å². The zero-order chi connectivity index (χ0) is 26.5. The van der Waals surface area contributed by atoms with Crippen molar-refractivity contribution in [3.8, 4) is 0 Å². The van der Waals surface area contributed by atoms with Gasteiger partial charge in [-0.1, -0.05) is 0 Å². The van der Waals surface area contributed by atoms with Crippen LogP contribution in [0.5, 0.6) is 0 Å². The van der Waals surface area contributed by atoms with E-state index in [1.54, 1.807) is 6.92 Å². The highest BCUT2D eigenvalue weighted by Gasteiger charge is 2.67. The van der Waals surface area contributed by atoms with Crippen molar-refractivity contribution in [2.24, 2.45) is 16.6 Å². The van der Waals surface area contributed by atoms with Gasteiger partial charge in [0.05, 0.1) is 42.1 Å². The van der Waals surface area contributed by atoms with Crippen LogP contribution in [0.1, 0.15) is 33.6 Å². The van der Waals surface area contributed by atoms with Crippen LogP contribution in [0.3, 0.4) is 0 Å². The van der Waals surface area contributed by atoms with Crippen LogP contribution in [0.25, 0.3) is 0 Å². The summed E-state index contributed by atoms with van der Waals surface area (Å²) in [6, 6.07) is -1.48. The molecule has 36 heavy (non-hydrogen) atoms. The lowest BCUT2D eigenvalue weighted by molar-refractivity contribution is -0.161. The Kier molecular flexibility index (Phi) is 8.50. The molecular weight excluding hydrogens is 520 g/mol. The minimum Gasteiger partial charge on any atom is -0.480 e. The molecule has 202 valence electrons. The van der Waals surface area contributed by atoms with Crippen molar-refractivity contribution in [2.75, 3.05) is 12.3 Å². The third-order valence-corrected chi connectivity index (χ3v) is 10.6. The fraction of sp³-hybridized carbons (Fsp3) is 0.650. The molecule has 0 aromatic heterocycles. The van der Waals surface area contributed by atoms with Crippen LogP contribution >= 0.6 is 11.8 Å². The summed E-state index contributed by atoms with van der Waals surface area (Å²) in [5.41, 5.74) is 5.19. The molecule has 16 heteroatoms. The molecule has 0 bridgehead atoms. The Morgan fingerprint density at radius 1 is 1.28 bits per heavy atom. The van der Waals surface area contributed by atoms with E-state index in [9.17, 15) is 37.8 Å². The molecule has 0 aliphatic carbocycles. The third-order valence-electron chi connectivity index (χ3n) is 6.70. The second-order valence-corrected chi connectivity index (χ2v) is 13.0. The van der Waals surface area contributed by atoms with Gasteiger partial charge >= 0.3 is 11.9 Å². The van der Waals surface area contributed by atoms with Crippen molar-refractivity contribution in [1.29, 1.82) is 0 Å². The topological polar surface area (TPSA) is 239 Å². The van der Waals surface area contributed by atoms with E-state index in [0.29, 0.717) is 23.6 Å². The van der Waals surface area contributed by atoms with Crippen molar-refractivity contribution in [3.63, 3.8) is 0 Å². The minimum absolute atomic E-state index is 0. The highest BCUT2D eigenvalue weighted by molar-refractivity contribution is 8.03. The molecule has 4 heterocycles. The average Bonchev–Trinajstić information content (AvgIpc) is 3.12. The van der Waals surface area contributed by atoms with Gasteiger partial charge in [0, 0.05) is 17.1 Å². The molecule has 0 radical (unpaired) electrons. The number of sulfone groups is 1. The Bertz CT molecular complexity index is 1120. The number of hydrogen-bond donors (Lipinski definition) is 4. The normalized spacial score (nSPS) is 29.9. The number of thioether (sulfide) groups is 1. The van der Waals surface area contributed by atoms with E-state index in [1.165, 1.54) is 36.8 Å². The van der Waals surface area contributed by atoms with E-state index in [-0.39, 0.29) is 29.5 Å². The molecule has 0 aromatic rings. The van der Waals surface area contributed by atoms with E-state index in [0.717, 1.165) is 4.90 Å². The highest BCUT2D eigenvalue weighted by atomic mass is 32.2. The quantitative estimate of drug-likeness (QED) is 0.117. The van der Waals surface area contributed by atoms with Gasteiger partial charge in [0.25, 0.3) is 0 Å². The summed E-state index contributed by atoms with van der Waals surface area (Å²) in [6.07, 6.45) is 0.849. The monoisotopic (exact) mass is 550 g/mol. The van der Waals surface area contributed by atoms with Crippen LogP contribution in [0.15, 0.2) is 15.6 Å². The number of aliphatic imine (C=N–C) groups is 1. The summed E-state index contributed by atoms with van der Waals surface area (Å²) in [7, 11) is -3.57. The number of carbonyl (C=O) groups excluding carboxylic acids is 2. The molecule has 0 aromatic carbocycles. The van der Waals surface area contributed by atoms with E-state index < -0.39 is 55.9 Å². The van der Waals surface area contributed by atoms with Gasteiger partial charge in [-0.2, -0.15) is 0 Å². The van der Waals surface area contributed by atoms with Gasteiger partial charge in [0.2, 0.25) is 11.8 Å². The van der Waals surface area contributed by atoms with Gasteiger partial charge < -0.3 is 36.3 Å². The SMILES string of the molecule is CC1(C)[C@H](C(=O)O)N2C(=O)C[C@H]2S1(=O)=O.C[C@@H](O)[C@H]1C(=O)N2C(C(=O)O)=C(SCCN=CN)C[C@H]12.O. The number of carboxylic acid groups (broad SMARTS) is 2. The molecule has 3 fully saturated rings. The standard InChI is InChI=1S/C12H17N3O4S.C8H11NO5S.H2O/c1-6(16)9-7-4-8(20-3-2-14-5-13)10(12(18)19)15(7)11(9)17;1-8(2)6(7(11)12)9-4(10)3-5(9)15(8,13)14;/h5-7,9,16H,2-4H2,1H3,(H2,13,14)(H,18,19);5-6H,3H2,1-2H3,(H,11,12);1H2/t6-,7-,9-;5-,6+;/m11./s1. The Morgan fingerprint density at radius 2 is 1.89 bits per heavy atom. The fourth-order valence-electron chi connectivity index (χ4n) is 4.88. The zero-order valence-electron chi connectivity index (χ0n) is 19.8. The van der Waals surface area contributed by atoms with Crippen molar-refractivity contribution in [3.05, 3.63) is 10.6 Å². The molecule has 7 N–H and O–H groups in total. The average molecular weight is 551 g/mol. The number of aliphatic hydroxyl groups excluding tert-OH is 1. The molecule has 0 spiro atoms. The van der Waals surface area contributed by atoms with Crippen LogP contribution < -0.4 is 5.73 Å². The first kappa shape index (κ1) is 29.5. The van der Waals surface area contributed by atoms with E-state index >= 15 is 0 Å². The van der Waals surface area contributed by atoms with Crippen molar-refractivity contribution >= 4 is 51.7 Å². The van der Waals surface area contributed by atoms with Gasteiger partial charge in [-0.05, 0) is 20.8 Å². The smallest absolute Gasteiger partial charge is 0.353 e. The summed E-state index contributed by atoms with van der Waals surface area (Å²) in [6.45, 7) is 4.76. The maximum atomic E-state index is 11.9. The number of fused-ring (bicyclic) bond motifs is 2. The summed E-state index contributed by atoms with van der Waals surface area (Å²) < 4.78 is 22.4. The Morgan fingerprint density at radius 3 is 2.33 bits per heavy atom. The van der Waals surface area contributed by atoms with Crippen molar-refractivity contribution in [2.45, 2.75) is 61.9 Å². The highest BCUT2D eigenvalue weighted by Crippen LogP contribution is 2.47. The van der Waals surface area contributed by atoms with Crippen LogP contribution in [-0.2, 0) is 29.0 Å². The number of aliphatic hydroxyl groups is 1. The molecule has 0 saturated carbocycles. The number of β-lactam (4-membered cyclic amide) rings is 2. The molecule has 0 unspecified atom stereocenters. The summed E-state index contributed by atoms with van der Waals surface area (Å²) in [5.74, 6) is -2.97. The molecule has 3 saturated heterocycles. The van der Waals surface area contributed by atoms with E-state index in [2.05, 4.69) is 4.99 Å². The maximum absolute atomic E-state index is 11.9. The lowest BCUT2D eigenvalue weighted by atomic mass is 9.83. The van der Waals surface area contributed by atoms with Crippen LogP contribution in [0.2, 0.25) is 0 Å². The van der Waals surface area contributed by atoms with Crippen molar-refractivity contribution in [1.82, 2.24) is 9.80 Å². The second kappa shape index (κ2) is 10.4. The molecule has 4 aliphatic rings. The summed E-state index contributed by atoms with van der Waals surface area (Å²) in [5, 5.41) is 26.9. The molecule has 4 aliphatic heterocycles. The zero-order valence-corrected chi connectivity index (χ0v) is 21.5. The lowest BCUT2D eigenvalue weighted by Gasteiger charge is -2.44. The molecule has 14 nitrogen and oxygen atoms in total. The van der Waals surface area contributed by atoms with Crippen molar-refractivity contribution < 1.29 is 48.4 Å². The third kappa shape index (κ3) is 4.46. The predicted molar refractivity (Wildman–Crippen MR) is 128 cm³/mol. The van der Waals surface area contributed by atoms with Crippen LogP contribution in [0, 0.1) is 5.92 Å². The second-order valence-electron chi connectivity index (χ2n) is 9.08. The van der Waals surface area contributed by atoms with Crippen LogP contribution in [-0.4, -0.2) is 110 Å². The number of carbonyl (C=O) groups is 4. The summed E-state index contributed by atoms with van der Waals surface area (Å²) in [4.78, 5) is 52.3. The largest absolute Gasteiger partial charge is 0.480 e. The molecule has 5 atom stereocenters. The Balaban J connectivity index is 0.000000256. The van der Waals surface area contributed by atoms with Gasteiger partial charge in [-0.25, -0.2) is 18.0 Å². The van der Waals surface area contributed by atoms with E-state index in [1.807, 2.05) is 0 Å². The van der Waals surface area contributed by atoms with Gasteiger partial charge in [0.15, 0.2) is 9.84 Å². The number of carboxylic acids is 2. The number of hydrogen-bond acceptors (Lipinski definition) is 9. The fourth-order valence-corrected chi connectivity index (χ4v) is 8.07. The maximum Gasteiger partial charge on any atom is 0.353 e. The predicted octanol–water partition coefficient (Wildman–Crippen LogP) is -2.01. The number of nitrogens with zero attached hydrogens (tertiary/aromatic N) is 3.